The molecule has 0 unspecified atom stereocenters. The van der Waals surface area contributed by atoms with Gasteiger partial charge in [0.1, 0.15) is 0 Å². The lowest BCUT2D eigenvalue weighted by Crippen LogP contribution is -2.21. The molecule has 0 radical (unpaired) electrons. The molecule has 2 aromatic rings. The summed E-state index contributed by atoms with van der Waals surface area (Å²) in [5.41, 5.74) is 3.93. The summed E-state index contributed by atoms with van der Waals surface area (Å²) in [4.78, 5) is 18.7. The van der Waals surface area contributed by atoms with Crippen molar-refractivity contribution < 1.29 is 4.79 Å². The Balaban J connectivity index is 2.10. The minimum atomic E-state index is -0.229. The van der Waals surface area contributed by atoms with Crippen LogP contribution in [-0.2, 0) is 0 Å². The van der Waals surface area contributed by atoms with Crippen LogP contribution in [0.2, 0.25) is 5.02 Å². The second-order valence-electron chi connectivity index (χ2n) is 6.09. The fourth-order valence-corrected chi connectivity index (χ4v) is 2.71. The summed E-state index contributed by atoms with van der Waals surface area (Å²) >= 11 is 6.25. The van der Waals surface area contributed by atoms with Crippen LogP contribution in [0.25, 0.3) is 0 Å². The lowest BCUT2D eigenvalue weighted by Gasteiger charge is -2.13. The number of amides is 1. The SMILES string of the molecule is Cc1cc(C)c(NC(=O)c2cncc(NCCN(C)C)c2)c(Cl)c1. The Morgan fingerprint density at radius 3 is 2.62 bits per heavy atom. The van der Waals surface area contributed by atoms with Gasteiger partial charge < -0.3 is 15.5 Å². The maximum Gasteiger partial charge on any atom is 0.257 e. The van der Waals surface area contributed by atoms with Crippen molar-refractivity contribution in [1.82, 2.24) is 9.88 Å². The van der Waals surface area contributed by atoms with Crippen LogP contribution in [0.4, 0.5) is 11.4 Å². The number of halogens is 1. The number of hydrogen-bond donors (Lipinski definition) is 2. The molecule has 0 saturated heterocycles. The van der Waals surface area contributed by atoms with Gasteiger partial charge in [0.15, 0.2) is 0 Å². The third-order valence-corrected chi connectivity index (χ3v) is 3.86. The summed E-state index contributed by atoms with van der Waals surface area (Å²) in [5.74, 6) is -0.229. The predicted molar refractivity (Wildman–Crippen MR) is 100 cm³/mol. The van der Waals surface area contributed by atoms with Gasteiger partial charge in [0.05, 0.1) is 22.0 Å². The van der Waals surface area contributed by atoms with Crippen molar-refractivity contribution in [1.29, 1.82) is 0 Å². The number of nitrogens with one attached hydrogen (secondary N) is 2. The highest BCUT2D eigenvalue weighted by Crippen LogP contribution is 2.27. The Kier molecular flexibility index (Phi) is 6.17. The first kappa shape index (κ1) is 18.2. The van der Waals surface area contributed by atoms with E-state index >= 15 is 0 Å². The minimum absolute atomic E-state index is 0.229. The summed E-state index contributed by atoms with van der Waals surface area (Å²) in [7, 11) is 4.02. The van der Waals surface area contributed by atoms with E-state index in [1.54, 1.807) is 18.5 Å². The fourth-order valence-electron chi connectivity index (χ4n) is 2.34. The third-order valence-electron chi connectivity index (χ3n) is 3.56. The molecule has 0 spiro atoms. The van der Waals surface area contributed by atoms with Crippen LogP contribution in [0.15, 0.2) is 30.6 Å². The Labute approximate surface area is 148 Å². The van der Waals surface area contributed by atoms with Gasteiger partial charge in [-0.2, -0.15) is 0 Å². The minimum Gasteiger partial charge on any atom is -0.382 e. The van der Waals surface area contributed by atoms with Crippen LogP contribution >= 0.6 is 11.6 Å². The molecule has 24 heavy (non-hydrogen) atoms. The predicted octanol–water partition coefficient (Wildman–Crippen LogP) is 3.58. The van der Waals surface area contributed by atoms with Crippen molar-refractivity contribution in [3.8, 4) is 0 Å². The molecular formula is C18H23ClN4O. The highest BCUT2D eigenvalue weighted by atomic mass is 35.5. The Morgan fingerprint density at radius 1 is 1.21 bits per heavy atom. The molecule has 1 aromatic carbocycles. The summed E-state index contributed by atoms with van der Waals surface area (Å²) in [5, 5.41) is 6.67. The number of pyridine rings is 1. The maximum absolute atomic E-state index is 12.5. The normalized spacial score (nSPS) is 10.8. The zero-order chi connectivity index (χ0) is 17.7. The molecule has 1 aromatic heterocycles. The first-order valence-electron chi connectivity index (χ1n) is 7.78. The van der Waals surface area contributed by atoms with E-state index in [9.17, 15) is 4.79 Å². The number of hydrogen-bond acceptors (Lipinski definition) is 4. The van der Waals surface area contributed by atoms with Crippen molar-refractivity contribution in [2.75, 3.05) is 37.8 Å². The molecule has 128 valence electrons. The van der Waals surface area contributed by atoms with Crippen molar-refractivity contribution in [3.05, 3.63) is 52.3 Å². The molecule has 0 aliphatic heterocycles. The second kappa shape index (κ2) is 8.13. The van der Waals surface area contributed by atoms with E-state index in [0.29, 0.717) is 16.3 Å². The van der Waals surface area contributed by atoms with Crippen LogP contribution in [-0.4, -0.2) is 43.0 Å². The molecule has 0 aliphatic carbocycles. The van der Waals surface area contributed by atoms with Crippen molar-refractivity contribution in [2.45, 2.75) is 13.8 Å². The molecule has 5 nitrogen and oxygen atoms in total. The standard InChI is InChI=1S/C18H23ClN4O/c1-12-7-13(2)17(16(19)8-12)22-18(24)14-9-15(11-20-10-14)21-5-6-23(3)4/h7-11,21H,5-6H2,1-4H3,(H,22,24). The number of anilines is 2. The number of rotatable bonds is 6. The highest BCUT2D eigenvalue weighted by Gasteiger charge is 2.12. The smallest absolute Gasteiger partial charge is 0.257 e. The van der Waals surface area contributed by atoms with E-state index in [2.05, 4.69) is 20.5 Å². The Morgan fingerprint density at radius 2 is 1.96 bits per heavy atom. The van der Waals surface area contributed by atoms with Gasteiger partial charge in [0, 0.05) is 25.5 Å². The average Bonchev–Trinajstić information content (AvgIpc) is 2.50. The molecule has 0 fully saturated rings. The van der Waals surface area contributed by atoms with E-state index in [-0.39, 0.29) is 5.91 Å². The van der Waals surface area contributed by atoms with E-state index in [0.717, 1.165) is 29.9 Å². The average molecular weight is 347 g/mol. The first-order valence-corrected chi connectivity index (χ1v) is 8.16. The van der Waals surface area contributed by atoms with Gasteiger partial charge in [-0.1, -0.05) is 17.7 Å². The quantitative estimate of drug-likeness (QED) is 0.839. The van der Waals surface area contributed by atoms with Crippen LogP contribution < -0.4 is 10.6 Å². The number of carbonyl (C=O) groups is 1. The molecule has 0 saturated carbocycles. The number of aromatic nitrogens is 1. The monoisotopic (exact) mass is 346 g/mol. The molecular weight excluding hydrogens is 324 g/mol. The van der Waals surface area contributed by atoms with Gasteiger partial charge in [-0.25, -0.2) is 0 Å². The molecule has 0 atom stereocenters. The summed E-state index contributed by atoms with van der Waals surface area (Å²) < 4.78 is 0. The lowest BCUT2D eigenvalue weighted by atomic mass is 10.1. The third kappa shape index (κ3) is 4.94. The van der Waals surface area contributed by atoms with Crippen molar-refractivity contribution >= 4 is 28.9 Å². The van der Waals surface area contributed by atoms with Gasteiger partial charge >= 0.3 is 0 Å². The van der Waals surface area contributed by atoms with E-state index in [1.165, 1.54) is 0 Å². The lowest BCUT2D eigenvalue weighted by molar-refractivity contribution is 0.102. The number of carbonyl (C=O) groups excluding carboxylic acids is 1. The fraction of sp³-hybridized carbons (Fsp3) is 0.333. The molecule has 1 amide bonds. The summed E-state index contributed by atoms with van der Waals surface area (Å²) in [6.07, 6.45) is 3.25. The molecule has 6 heteroatoms. The van der Waals surface area contributed by atoms with Crippen LogP contribution in [0.3, 0.4) is 0 Å². The Hall–Kier alpha value is -2.11. The number of benzene rings is 1. The zero-order valence-electron chi connectivity index (χ0n) is 14.5. The van der Waals surface area contributed by atoms with Crippen LogP contribution in [0, 0.1) is 13.8 Å². The molecule has 2 rings (SSSR count). The van der Waals surface area contributed by atoms with E-state index < -0.39 is 0 Å². The first-order chi connectivity index (χ1) is 11.4. The zero-order valence-corrected chi connectivity index (χ0v) is 15.2. The van der Waals surface area contributed by atoms with E-state index in [1.807, 2.05) is 40.1 Å². The van der Waals surface area contributed by atoms with Gasteiger partial charge in [0.25, 0.3) is 5.91 Å². The molecule has 1 heterocycles. The van der Waals surface area contributed by atoms with Crippen LogP contribution in [0.5, 0.6) is 0 Å². The summed E-state index contributed by atoms with van der Waals surface area (Å²) in [6, 6.07) is 5.61. The summed E-state index contributed by atoms with van der Waals surface area (Å²) in [6.45, 7) is 5.57. The second-order valence-corrected chi connectivity index (χ2v) is 6.49. The molecule has 2 N–H and O–H groups in total. The molecule has 0 bridgehead atoms. The topological polar surface area (TPSA) is 57.3 Å². The van der Waals surface area contributed by atoms with Crippen molar-refractivity contribution in [3.63, 3.8) is 0 Å². The van der Waals surface area contributed by atoms with E-state index in [4.69, 9.17) is 11.6 Å². The van der Waals surface area contributed by atoms with Crippen LogP contribution in [0.1, 0.15) is 21.5 Å². The number of aryl methyl sites for hydroxylation is 2. The maximum atomic E-state index is 12.5. The highest BCUT2D eigenvalue weighted by molar-refractivity contribution is 6.34. The number of likely N-dealkylation sites (N-methyl/N-ethyl adjacent to an activating group) is 1. The van der Waals surface area contributed by atoms with Gasteiger partial charge in [-0.05, 0) is 51.2 Å². The number of nitrogens with zero attached hydrogens (tertiary/aromatic N) is 2. The van der Waals surface area contributed by atoms with Gasteiger partial charge in [-0.15, -0.1) is 0 Å². The Bertz CT molecular complexity index is 708. The molecule has 0 aliphatic rings. The van der Waals surface area contributed by atoms with Gasteiger partial charge in [-0.3, -0.25) is 9.78 Å². The van der Waals surface area contributed by atoms with Crippen molar-refractivity contribution in [2.24, 2.45) is 0 Å². The largest absolute Gasteiger partial charge is 0.382 e. The van der Waals surface area contributed by atoms with Gasteiger partial charge in [0.2, 0.25) is 0 Å².